The molecule has 0 aliphatic rings. The highest BCUT2D eigenvalue weighted by atomic mass is 16.4. The van der Waals surface area contributed by atoms with Crippen LogP contribution in [0.25, 0.3) is 33.5 Å². The molecule has 4 heteroatoms. The van der Waals surface area contributed by atoms with E-state index in [-0.39, 0.29) is 5.56 Å². The van der Waals surface area contributed by atoms with Gasteiger partial charge in [-0.3, -0.25) is 0 Å². The van der Waals surface area contributed by atoms with Crippen molar-refractivity contribution >= 4 is 17.0 Å². The van der Waals surface area contributed by atoms with Crippen LogP contribution in [0.15, 0.2) is 72.8 Å². The van der Waals surface area contributed by atoms with Crippen molar-refractivity contribution in [3.8, 4) is 22.5 Å². The number of nitrogens with zero attached hydrogens (tertiary/aromatic N) is 1. The zero-order valence-electron chi connectivity index (χ0n) is 12.7. The van der Waals surface area contributed by atoms with Crippen LogP contribution in [0.1, 0.15) is 10.4 Å². The van der Waals surface area contributed by atoms with Gasteiger partial charge in [-0.25, -0.2) is 9.78 Å². The lowest BCUT2D eigenvalue weighted by molar-refractivity contribution is 0.0697. The molecule has 0 unspecified atom stereocenters. The number of carboxylic acids is 1. The molecule has 116 valence electrons. The molecule has 0 aliphatic heterocycles. The van der Waals surface area contributed by atoms with E-state index in [1.165, 1.54) is 0 Å². The van der Waals surface area contributed by atoms with Crippen molar-refractivity contribution < 1.29 is 9.90 Å². The molecule has 0 radical (unpaired) electrons. The van der Waals surface area contributed by atoms with Gasteiger partial charge in [-0.2, -0.15) is 0 Å². The second-order valence-electron chi connectivity index (χ2n) is 5.53. The molecule has 4 nitrogen and oxygen atoms in total. The van der Waals surface area contributed by atoms with Crippen LogP contribution >= 0.6 is 0 Å². The van der Waals surface area contributed by atoms with E-state index < -0.39 is 5.97 Å². The standard InChI is InChI=1S/C20H14N2O2/c23-20(24)16-9-5-4-8-15(16)19-21-17-11-10-14(12-18(17)22-19)13-6-2-1-3-7-13/h1-12H,(H,21,22)(H,23,24). The van der Waals surface area contributed by atoms with Crippen molar-refractivity contribution in [1.29, 1.82) is 0 Å². The molecule has 1 heterocycles. The van der Waals surface area contributed by atoms with Gasteiger partial charge in [-0.15, -0.1) is 0 Å². The number of rotatable bonds is 3. The Labute approximate surface area is 138 Å². The summed E-state index contributed by atoms with van der Waals surface area (Å²) in [5.74, 6) is -0.399. The Kier molecular flexibility index (Phi) is 3.35. The smallest absolute Gasteiger partial charge is 0.336 e. The number of H-pyrrole nitrogens is 1. The fourth-order valence-electron chi connectivity index (χ4n) is 2.82. The lowest BCUT2D eigenvalue weighted by Gasteiger charge is -2.01. The molecule has 0 bridgehead atoms. The summed E-state index contributed by atoms with van der Waals surface area (Å²) >= 11 is 0. The Balaban J connectivity index is 1.84. The third-order valence-corrected chi connectivity index (χ3v) is 4.00. The van der Waals surface area contributed by atoms with Gasteiger partial charge in [0, 0.05) is 5.56 Å². The summed E-state index contributed by atoms with van der Waals surface area (Å²) in [6.45, 7) is 0. The number of fused-ring (bicyclic) bond motifs is 1. The quantitative estimate of drug-likeness (QED) is 0.581. The summed E-state index contributed by atoms with van der Waals surface area (Å²) in [7, 11) is 0. The third kappa shape index (κ3) is 2.44. The molecule has 24 heavy (non-hydrogen) atoms. The molecule has 0 spiro atoms. The van der Waals surface area contributed by atoms with Crippen molar-refractivity contribution in [3.05, 3.63) is 78.4 Å². The number of imidazole rings is 1. The molecule has 0 aliphatic carbocycles. The molecule has 2 N–H and O–H groups in total. The number of hydrogen-bond donors (Lipinski definition) is 2. The molecule has 4 rings (SSSR count). The Morgan fingerprint density at radius 3 is 2.42 bits per heavy atom. The first-order chi connectivity index (χ1) is 11.7. The van der Waals surface area contributed by atoms with Crippen LogP contribution in [0, 0.1) is 0 Å². The van der Waals surface area contributed by atoms with Crippen LogP contribution in [-0.2, 0) is 0 Å². The van der Waals surface area contributed by atoms with E-state index >= 15 is 0 Å². The highest BCUT2D eigenvalue weighted by molar-refractivity contribution is 5.96. The molecule has 0 fully saturated rings. The van der Waals surface area contributed by atoms with Gasteiger partial charge in [0.15, 0.2) is 0 Å². The van der Waals surface area contributed by atoms with Crippen molar-refractivity contribution in [2.45, 2.75) is 0 Å². The predicted octanol–water partition coefficient (Wildman–Crippen LogP) is 4.60. The zero-order valence-corrected chi connectivity index (χ0v) is 12.7. The summed E-state index contributed by atoms with van der Waals surface area (Å²) in [5, 5.41) is 9.35. The molecule has 1 aromatic heterocycles. The van der Waals surface area contributed by atoms with Crippen LogP contribution in [0.5, 0.6) is 0 Å². The molecular formula is C20H14N2O2. The van der Waals surface area contributed by atoms with Crippen LogP contribution in [0.2, 0.25) is 0 Å². The van der Waals surface area contributed by atoms with Gasteiger partial charge >= 0.3 is 5.97 Å². The van der Waals surface area contributed by atoms with Crippen molar-refractivity contribution in [2.24, 2.45) is 0 Å². The maximum atomic E-state index is 11.4. The number of nitrogens with one attached hydrogen (secondary N) is 1. The molecular weight excluding hydrogens is 300 g/mol. The SMILES string of the molecule is O=C(O)c1ccccc1-c1nc2ccc(-c3ccccc3)cc2[nH]1. The molecule has 0 atom stereocenters. The van der Waals surface area contributed by atoms with Crippen LogP contribution in [0.3, 0.4) is 0 Å². The minimum absolute atomic E-state index is 0.236. The first-order valence-corrected chi connectivity index (χ1v) is 7.60. The van der Waals surface area contributed by atoms with Crippen LogP contribution in [0.4, 0.5) is 0 Å². The van der Waals surface area contributed by atoms with E-state index in [0.717, 1.165) is 22.2 Å². The topological polar surface area (TPSA) is 66.0 Å². The second-order valence-corrected chi connectivity index (χ2v) is 5.53. The minimum Gasteiger partial charge on any atom is -0.478 e. The van der Waals surface area contributed by atoms with Gasteiger partial charge < -0.3 is 10.1 Å². The summed E-state index contributed by atoms with van der Waals surface area (Å²) in [4.78, 5) is 19.2. The summed E-state index contributed by atoms with van der Waals surface area (Å²) in [6.07, 6.45) is 0. The Bertz CT molecular complexity index is 1040. The average molecular weight is 314 g/mol. The first kappa shape index (κ1) is 14.2. The fraction of sp³-hybridized carbons (Fsp3) is 0. The summed E-state index contributed by atoms with van der Waals surface area (Å²) in [6, 6.07) is 23.0. The van der Waals surface area contributed by atoms with Crippen LogP contribution < -0.4 is 0 Å². The monoisotopic (exact) mass is 314 g/mol. The normalized spacial score (nSPS) is 10.8. The molecule has 0 saturated carbocycles. The van der Waals surface area contributed by atoms with Crippen molar-refractivity contribution in [1.82, 2.24) is 9.97 Å². The Morgan fingerprint density at radius 1 is 0.875 bits per heavy atom. The number of aromatic amines is 1. The lowest BCUT2D eigenvalue weighted by atomic mass is 10.1. The second kappa shape index (κ2) is 5.66. The van der Waals surface area contributed by atoms with E-state index in [4.69, 9.17) is 0 Å². The fourth-order valence-corrected chi connectivity index (χ4v) is 2.82. The van der Waals surface area contributed by atoms with E-state index in [9.17, 15) is 9.90 Å². The largest absolute Gasteiger partial charge is 0.478 e. The summed E-state index contributed by atoms with van der Waals surface area (Å²) in [5.41, 5.74) is 4.73. The van der Waals surface area contributed by atoms with E-state index in [0.29, 0.717) is 11.4 Å². The van der Waals surface area contributed by atoms with Gasteiger partial charge in [0.25, 0.3) is 0 Å². The maximum absolute atomic E-state index is 11.4. The highest BCUT2D eigenvalue weighted by Crippen LogP contribution is 2.27. The lowest BCUT2D eigenvalue weighted by Crippen LogP contribution is -1.99. The van der Waals surface area contributed by atoms with Crippen molar-refractivity contribution in [3.63, 3.8) is 0 Å². The number of aromatic carboxylic acids is 1. The maximum Gasteiger partial charge on any atom is 0.336 e. The Morgan fingerprint density at radius 2 is 1.62 bits per heavy atom. The van der Waals surface area contributed by atoms with Gasteiger partial charge in [0.1, 0.15) is 5.82 Å². The highest BCUT2D eigenvalue weighted by Gasteiger charge is 2.14. The number of carbonyl (C=O) groups is 1. The number of hydrogen-bond acceptors (Lipinski definition) is 2. The number of benzene rings is 3. The van der Waals surface area contributed by atoms with Crippen molar-refractivity contribution in [2.75, 3.05) is 0 Å². The van der Waals surface area contributed by atoms with E-state index in [2.05, 4.69) is 22.1 Å². The average Bonchev–Trinajstić information content (AvgIpc) is 3.05. The van der Waals surface area contributed by atoms with Gasteiger partial charge in [0.2, 0.25) is 0 Å². The van der Waals surface area contributed by atoms with E-state index in [1.807, 2.05) is 42.5 Å². The predicted molar refractivity (Wildman–Crippen MR) is 93.9 cm³/mol. The Hall–Kier alpha value is -3.40. The third-order valence-electron chi connectivity index (χ3n) is 4.00. The van der Waals surface area contributed by atoms with Gasteiger partial charge in [-0.05, 0) is 29.3 Å². The molecule has 3 aromatic carbocycles. The minimum atomic E-state index is -0.962. The number of aromatic nitrogens is 2. The van der Waals surface area contributed by atoms with E-state index in [1.54, 1.807) is 18.2 Å². The van der Waals surface area contributed by atoms with Gasteiger partial charge in [-0.1, -0.05) is 54.6 Å². The number of carboxylic acid groups (broad SMARTS) is 1. The molecule has 4 aromatic rings. The van der Waals surface area contributed by atoms with Crippen LogP contribution in [-0.4, -0.2) is 21.0 Å². The van der Waals surface area contributed by atoms with Gasteiger partial charge in [0.05, 0.1) is 16.6 Å². The first-order valence-electron chi connectivity index (χ1n) is 7.60. The zero-order chi connectivity index (χ0) is 16.5. The summed E-state index contributed by atoms with van der Waals surface area (Å²) < 4.78 is 0. The molecule has 0 amide bonds. The molecule has 0 saturated heterocycles.